The van der Waals surface area contributed by atoms with E-state index in [2.05, 4.69) is 10.6 Å². The van der Waals surface area contributed by atoms with Gasteiger partial charge in [0.15, 0.2) is 11.0 Å². The van der Waals surface area contributed by atoms with Crippen LogP contribution in [0, 0.1) is 11.3 Å². The highest BCUT2D eigenvalue weighted by molar-refractivity contribution is 7.20. The van der Waals surface area contributed by atoms with Crippen molar-refractivity contribution in [2.45, 2.75) is 56.7 Å². The fraction of sp³-hybridized carbons (Fsp3) is 0.452. The first-order chi connectivity index (χ1) is 20.2. The standard InChI is InChI=1S/C31H39N7O3S/c1-31(21-12-8-16-37(19-21)30(32)33,26(39)29-35-22-13-6-7-15-25(22)42-29)38-17-9-14-24(38)28(41)36-27(40)23(34-2)18-20-10-4-3-5-11-20/h3-7,10-11,13,15,21,23-24,34H,8-9,12,14,16-19H2,1-2H3,(H3,32,33)(H,36,40,41)/t21?,23-,24+,31?/m1/s1. The number of nitrogens with two attached hydrogens (primary N) is 1. The number of carbonyl (C=O) groups is 3. The zero-order valence-corrected chi connectivity index (χ0v) is 25.0. The summed E-state index contributed by atoms with van der Waals surface area (Å²) in [4.78, 5) is 50.0. The van der Waals surface area contributed by atoms with Gasteiger partial charge >= 0.3 is 0 Å². The second-order valence-corrected chi connectivity index (χ2v) is 12.4. The van der Waals surface area contributed by atoms with Crippen molar-refractivity contribution < 1.29 is 14.4 Å². The molecule has 4 atom stereocenters. The Balaban J connectivity index is 1.43. The Hall–Kier alpha value is -3.67. The van der Waals surface area contributed by atoms with E-state index in [1.165, 1.54) is 11.3 Å². The highest BCUT2D eigenvalue weighted by Gasteiger charge is 2.53. The van der Waals surface area contributed by atoms with Gasteiger partial charge in [0.25, 0.3) is 0 Å². The van der Waals surface area contributed by atoms with E-state index in [0.717, 1.165) is 35.0 Å². The summed E-state index contributed by atoms with van der Waals surface area (Å²) in [5, 5.41) is 14.1. The molecule has 2 unspecified atom stereocenters. The number of imide groups is 1. The van der Waals surface area contributed by atoms with Crippen molar-refractivity contribution in [3.05, 3.63) is 65.2 Å². The Bertz CT molecular complexity index is 1430. The van der Waals surface area contributed by atoms with Crippen molar-refractivity contribution in [3.63, 3.8) is 0 Å². The first kappa shape index (κ1) is 29.8. The maximum Gasteiger partial charge on any atom is 0.244 e. The fourth-order valence-corrected chi connectivity index (χ4v) is 7.47. The van der Waals surface area contributed by atoms with Crippen LogP contribution in [0.5, 0.6) is 0 Å². The van der Waals surface area contributed by atoms with Gasteiger partial charge in [-0.1, -0.05) is 42.5 Å². The van der Waals surface area contributed by atoms with Crippen molar-refractivity contribution in [2.75, 3.05) is 26.7 Å². The van der Waals surface area contributed by atoms with Gasteiger partial charge in [0, 0.05) is 25.6 Å². The molecule has 3 aromatic rings. The van der Waals surface area contributed by atoms with Crippen LogP contribution in [0.3, 0.4) is 0 Å². The second-order valence-electron chi connectivity index (χ2n) is 11.4. The predicted octanol–water partition coefficient (Wildman–Crippen LogP) is 2.78. The zero-order chi connectivity index (χ0) is 29.9. The van der Waals surface area contributed by atoms with Crippen LogP contribution >= 0.6 is 11.3 Å². The molecule has 1 aromatic heterocycles. The molecule has 5 rings (SSSR count). The molecule has 0 aliphatic carbocycles. The zero-order valence-electron chi connectivity index (χ0n) is 24.1. The van der Waals surface area contributed by atoms with Crippen LogP contribution in [0.4, 0.5) is 0 Å². The van der Waals surface area contributed by atoms with Crippen LogP contribution in [-0.2, 0) is 16.0 Å². The number of hydrogen-bond acceptors (Lipinski definition) is 8. The van der Waals surface area contributed by atoms with Crippen LogP contribution in [-0.4, -0.2) is 82.6 Å². The van der Waals surface area contributed by atoms with Crippen molar-refractivity contribution in [1.82, 2.24) is 25.4 Å². The summed E-state index contributed by atoms with van der Waals surface area (Å²) in [5.74, 6) is -1.14. The maximum absolute atomic E-state index is 14.5. The number of guanidine groups is 1. The third-order valence-corrected chi connectivity index (χ3v) is 9.89. The lowest BCUT2D eigenvalue weighted by Crippen LogP contribution is -2.65. The molecule has 5 N–H and O–H groups in total. The fourth-order valence-electron chi connectivity index (χ4n) is 6.45. The molecule has 3 heterocycles. The second kappa shape index (κ2) is 12.7. The van der Waals surface area contributed by atoms with Crippen LogP contribution in [0.25, 0.3) is 10.2 Å². The van der Waals surface area contributed by atoms with Crippen molar-refractivity contribution in [1.29, 1.82) is 5.41 Å². The van der Waals surface area contributed by atoms with Crippen LogP contribution in [0.15, 0.2) is 54.6 Å². The monoisotopic (exact) mass is 589 g/mol. The number of para-hydroxylation sites is 1. The first-order valence-corrected chi connectivity index (χ1v) is 15.4. The molecule has 0 radical (unpaired) electrons. The highest BCUT2D eigenvalue weighted by Crippen LogP contribution is 2.40. The molecule has 2 aliphatic heterocycles. The van der Waals surface area contributed by atoms with E-state index < -0.39 is 29.4 Å². The molecular formula is C31H39N7O3S. The van der Waals surface area contributed by atoms with Gasteiger partial charge in [-0.25, -0.2) is 4.98 Å². The minimum absolute atomic E-state index is 0.0210. The third-order valence-electron chi connectivity index (χ3n) is 8.85. The van der Waals surface area contributed by atoms with Gasteiger partial charge in [0.1, 0.15) is 0 Å². The largest absolute Gasteiger partial charge is 0.370 e. The Morgan fingerprint density at radius 3 is 2.52 bits per heavy atom. The summed E-state index contributed by atoms with van der Waals surface area (Å²) in [6, 6.07) is 16.1. The van der Waals surface area contributed by atoms with Gasteiger partial charge in [-0.3, -0.25) is 30.0 Å². The average Bonchev–Trinajstić information content (AvgIpc) is 3.68. The van der Waals surface area contributed by atoms with Gasteiger partial charge < -0.3 is 16.0 Å². The lowest BCUT2D eigenvalue weighted by atomic mass is 9.75. The summed E-state index contributed by atoms with van der Waals surface area (Å²) in [5.41, 5.74) is 6.55. The third kappa shape index (κ3) is 5.95. The van der Waals surface area contributed by atoms with E-state index in [1.807, 2.05) is 66.4 Å². The van der Waals surface area contributed by atoms with Gasteiger partial charge in [0.05, 0.1) is 27.8 Å². The Morgan fingerprint density at radius 1 is 1.10 bits per heavy atom. The number of nitrogens with one attached hydrogen (secondary N) is 3. The predicted molar refractivity (Wildman–Crippen MR) is 164 cm³/mol. The maximum atomic E-state index is 14.5. The molecule has 2 amide bonds. The molecular weight excluding hydrogens is 550 g/mol. The molecule has 42 heavy (non-hydrogen) atoms. The summed E-state index contributed by atoms with van der Waals surface area (Å²) in [7, 11) is 1.71. The summed E-state index contributed by atoms with van der Waals surface area (Å²) < 4.78 is 0.926. The number of fused-ring (bicyclic) bond motifs is 1. The Labute approximate surface area is 250 Å². The number of nitrogens with zero attached hydrogens (tertiary/aromatic N) is 3. The number of piperidine rings is 1. The molecule has 0 bridgehead atoms. The molecule has 0 saturated carbocycles. The number of amides is 2. The van der Waals surface area contributed by atoms with Gasteiger partial charge in [-0.15, -0.1) is 11.3 Å². The van der Waals surface area contributed by atoms with Crippen LogP contribution in [0.1, 0.15) is 48.0 Å². The number of thiazole rings is 1. The van der Waals surface area contributed by atoms with Crippen molar-refractivity contribution >= 4 is 45.1 Å². The van der Waals surface area contributed by atoms with E-state index in [9.17, 15) is 14.4 Å². The van der Waals surface area contributed by atoms with E-state index in [1.54, 1.807) is 11.9 Å². The van der Waals surface area contributed by atoms with Gasteiger partial charge in [0.2, 0.25) is 17.6 Å². The number of likely N-dealkylation sites (N-methyl/N-ethyl adjacent to an activating group) is 1. The molecule has 2 saturated heterocycles. The molecule has 11 heteroatoms. The normalized spacial score (nSPS) is 21.5. The van der Waals surface area contributed by atoms with Crippen molar-refractivity contribution in [3.8, 4) is 0 Å². The first-order valence-electron chi connectivity index (χ1n) is 14.5. The molecule has 2 fully saturated rings. The number of carbonyl (C=O) groups excluding carboxylic acids is 3. The SMILES string of the molecule is CN[C@H](Cc1ccccc1)C(=O)NC(=O)[C@@H]1CCCN1C(C)(C(=O)c1nc2ccccc2s1)C1CCCN(C(=N)N)C1. The quantitative estimate of drug-likeness (QED) is 0.169. The smallest absolute Gasteiger partial charge is 0.244 e. The van der Waals surface area contributed by atoms with Gasteiger partial charge in [-0.2, -0.15) is 0 Å². The average molecular weight is 590 g/mol. The molecule has 2 aromatic carbocycles. The van der Waals surface area contributed by atoms with Crippen LogP contribution in [0.2, 0.25) is 0 Å². The number of benzene rings is 2. The molecule has 2 aliphatic rings. The minimum Gasteiger partial charge on any atom is -0.370 e. The topological polar surface area (TPSA) is 145 Å². The molecule has 0 spiro atoms. The van der Waals surface area contributed by atoms with E-state index in [-0.39, 0.29) is 17.7 Å². The number of ketones is 1. The van der Waals surface area contributed by atoms with Crippen LogP contribution < -0.4 is 16.4 Å². The summed E-state index contributed by atoms with van der Waals surface area (Å²) in [6.45, 7) is 3.54. The number of aromatic nitrogens is 1. The van der Waals surface area contributed by atoms with E-state index in [4.69, 9.17) is 16.1 Å². The molecule has 222 valence electrons. The number of likely N-dealkylation sites (tertiary alicyclic amines) is 2. The number of rotatable bonds is 9. The highest BCUT2D eigenvalue weighted by atomic mass is 32.1. The van der Waals surface area contributed by atoms with E-state index in [0.29, 0.717) is 37.5 Å². The van der Waals surface area contributed by atoms with E-state index >= 15 is 0 Å². The lowest BCUT2D eigenvalue weighted by molar-refractivity contribution is -0.135. The summed E-state index contributed by atoms with van der Waals surface area (Å²) >= 11 is 1.36. The summed E-state index contributed by atoms with van der Waals surface area (Å²) in [6.07, 6.45) is 3.23. The number of hydrogen-bond donors (Lipinski definition) is 4. The Morgan fingerprint density at radius 2 is 1.81 bits per heavy atom. The minimum atomic E-state index is -1.09. The number of Topliss-reactive ketones (excluding diaryl/α,β-unsaturated/α-hetero) is 1. The Kier molecular flexibility index (Phi) is 9.00. The lowest BCUT2D eigenvalue weighted by Gasteiger charge is -2.48. The van der Waals surface area contributed by atoms with Gasteiger partial charge in [-0.05, 0) is 63.8 Å². The van der Waals surface area contributed by atoms with Crippen molar-refractivity contribution in [2.24, 2.45) is 11.7 Å². The molecule has 10 nitrogen and oxygen atoms in total.